The van der Waals surface area contributed by atoms with E-state index in [2.05, 4.69) is 5.32 Å². The summed E-state index contributed by atoms with van der Waals surface area (Å²) in [5, 5.41) is 12.0. The van der Waals surface area contributed by atoms with Gasteiger partial charge in [0.1, 0.15) is 0 Å². The molecule has 72 valence electrons. The lowest BCUT2D eigenvalue weighted by atomic mass is 9.87. The van der Waals surface area contributed by atoms with Crippen LogP contribution in [0.4, 0.5) is 0 Å². The summed E-state index contributed by atoms with van der Waals surface area (Å²) in [7, 11) is 0. The van der Waals surface area contributed by atoms with Gasteiger partial charge < -0.3 is 16.2 Å². The van der Waals surface area contributed by atoms with Crippen molar-refractivity contribution >= 4 is 0 Å². The number of hydrogen-bond donors (Lipinski definition) is 3. The predicted octanol–water partition coefficient (Wildman–Crippen LogP) is 0.228. The zero-order chi connectivity index (χ0) is 8.81. The van der Waals surface area contributed by atoms with Crippen LogP contribution in [0.3, 0.4) is 0 Å². The molecule has 12 heavy (non-hydrogen) atoms. The summed E-state index contributed by atoms with van der Waals surface area (Å²) < 4.78 is 0. The Bertz CT molecular complexity index is 113. The number of unbranched alkanes of at least 4 members (excludes halogenated alkanes) is 2. The van der Waals surface area contributed by atoms with Crippen molar-refractivity contribution in [1.82, 2.24) is 5.32 Å². The van der Waals surface area contributed by atoms with E-state index in [0.717, 1.165) is 32.2 Å². The maximum absolute atomic E-state index is 8.53. The van der Waals surface area contributed by atoms with Crippen molar-refractivity contribution in [2.75, 3.05) is 13.2 Å². The molecule has 3 nitrogen and oxygen atoms in total. The Hall–Kier alpha value is -0.120. The molecule has 0 heterocycles. The van der Waals surface area contributed by atoms with Crippen molar-refractivity contribution in [3.05, 3.63) is 0 Å². The van der Waals surface area contributed by atoms with Crippen LogP contribution in [-0.4, -0.2) is 30.3 Å². The van der Waals surface area contributed by atoms with E-state index in [-0.39, 0.29) is 0 Å². The molecule has 1 fully saturated rings. The lowest BCUT2D eigenvalue weighted by molar-refractivity contribution is 0.274. The molecule has 0 aromatic carbocycles. The van der Waals surface area contributed by atoms with Crippen LogP contribution in [0.5, 0.6) is 0 Å². The molecule has 4 N–H and O–H groups in total. The van der Waals surface area contributed by atoms with Crippen molar-refractivity contribution < 1.29 is 5.11 Å². The van der Waals surface area contributed by atoms with Crippen LogP contribution in [0.15, 0.2) is 0 Å². The van der Waals surface area contributed by atoms with Crippen LogP contribution >= 0.6 is 0 Å². The van der Waals surface area contributed by atoms with Gasteiger partial charge in [-0.1, -0.05) is 0 Å². The summed E-state index contributed by atoms with van der Waals surface area (Å²) in [6, 6.07) is 1.12. The summed E-state index contributed by atoms with van der Waals surface area (Å²) in [6.07, 6.45) is 5.51. The number of aliphatic hydroxyl groups excluding tert-OH is 1. The highest BCUT2D eigenvalue weighted by Gasteiger charge is 2.24. The third-order valence-electron chi connectivity index (χ3n) is 2.44. The summed E-state index contributed by atoms with van der Waals surface area (Å²) >= 11 is 0. The number of nitrogens with two attached hydrogens (primary N) is 1. The molecule has 3 heteroatoms. The first-order valence-electron chi connectivity index (χ1n) is 4.92. The second kappa shape index (κ2) is 5.51. The van der Waals surface area contributed by atoms with Crippen LogP contribution in [0.25, 0.3) is 0 Å². The molecule has 0 saturated heterocycles. The number of hydrogen-bond acceptors (Lipinski definition) is 3. The second-order valence-corrected chi connectivity index (χ2v) is 3.67. The molecule has 0 bridgehead atoms. The zero-order valence-corrected chi connectivity index (χ0v) is 7.63. The van der Waals surface area contributed by atoms with E-state index in [0.29, 0.717) is 18.7 Å². The van der Waals surface area contributed by atoms with E-state index in [9.17, 15) is 0 Å². The molecule has 0 aromatic rings. The number of rotatable bonds is 6. The Balaban J connectivity index is 1.77. The fourth-order valence-electron chi connectivity index (χ4n) is 1.55. The quantitative estimate of drug-likeness (QED) is 0.503. The SMILES string of the molecule is NC1CC(NCCCCCO)C1. The van der Waals surface area contributed by atoms with Gasteiger partial charge >= 0.3 is 0 Å². The maximum Gasteiger partial charge on any atom is 0.0431 e. The van der Waals surface area contributed by atoms with Gasteiger partial charge in [0, 0.05) is 18.7 Å². The lowest BCUT2D eigenvalue weighted by Gasteiger charge is -2.33. The van der Waals surface area contributed by atoms with Gasteiger partial charge in [0.15, 0.2) is 0 Å². The van der Waals surface area contributed by atoms with Crippen molar-refractivity contribution in [1.29, 1.82) is 0 Å². The van der Waals surface area contributed by atoms with Crippen molar-refractivity contribution in [2.24, 2.45) is 5.73 Å². The monoisotopic (exact) mass is 172 g/mol. The van der Waals surface area contributed by atoms with Crippen LogP contribution in [0.2, 0.25) is 0 Å². The lowest BCUT2D eigenvalue weighted by Crippen LogP contribution is -2.48. The van der Waals surface area contributed by atoms with Gasteiger partial charge in [-0.15, -0.1) is 0 Å². The minimum atomic E-state index is 0.328. The Morgan fingerprint density at radius 2 is 2.00 bits per heavy atom. The molecular weight excluding hydrogens is 152 g/mol. The van der Waals surface area contributed by atoms with Gasteiger partial charge in [-0.25, -0.2) is 0 Å². The fourth-order valence-corrected chi connectivity index (χ4v) is 1.55. The Morgan fingerprint density at radius 3 is 2.58 bits per heavy atom. The van der Waals surface area contributed by atoms with Gasteiger partial charge in [-0.3, -0.25) is 0 Å². The van der Waals surface area contributed by atoms with Gasteiger partial charge in [-0.05, 0) is 38.6 Å². The number of nitrogens with one attached hydrogen (secondary N) is 1. The Labute approximate surface area is 74.3 Å². The second-order valence-electron chi connectivity index (χ2n) is 3.67. The predicted molar refractivity (Wildman–Crippen MR) is 49.9 cm³/mol. The molecule has 0 atom stereocenters. The minimum absolute atomic E-state index is 0.328. The van der Waals surface area contributed by atoms with E-state index >= 15 is 0 Å². The molecule has 1 aliphatic carbocycles. The van der Waals surface area contributed by atoms with Crippen molar-refractivity contribution in [2.45, 2.75) is 44.2 Å². The van der Waals surface area contributed by atoms with E-state index in [1.54, 1.807) is 0 Å². The first-order valence-corrected chi connectivity index (χ1v) is 4.92. The highest BCUT2D eigenvalue weighted by Crippen LogP contribution is 2.16. The molecule has 0 amide bonds. The smallest absolute Gasteiger partial charge is 0.0431 e. The summed E-state index contributed by atoms with van der Waals surface area (Å²) in [5.74, 6) is 0. The van der Waals surface area contributed by atoms with Crippen LogP contribution in [-0.2, 0) is 0 Å². The molecule has 0 spiro atoms. The standard InChI is InChI=1S/C9H20N2O/c10-8-6-9(7-8)11-4-2-1-3-5-12/h8-9,11-12H,1-7,10H2. The summed E-state index contributed by atoms with van der Waals surface area (Å²) in [5.41, 5.74) is 5.65. The van der Waals surface area contributed by atoms with E-state index in [1.807, 2.05) is 0 Å². The van der Waals surface area contributed by atoms with Gasteiger partial charge in [0.2, 0.25) is 0 Å². The van der Waals surface area contributed by atoms with Crippen LogP contribution in [0, 0.1) is 0 Å². The first kappa shape index (κ1) is 9.96. The average Bonchev–Trinajstić information content (AvgIpc) is 2.00. The first-order chi connectivity index (χ1) is 5.83. The van der Waals surface area contributed by atoms with E-state index < -0.39 is 0 Å². The molecule has 1 rings (SSSR count). The van der Waals surface area contributed by atoms with Gasteiger partial charge in [0.05, 0.1) is 0 Å². The Morgan fingerprint density at radius 1 is 1.25 bits per heavy atom. The molecule has 1 aliphatic rings. The minimum Gasteiger partial charge on any atom is -0.396 e. The van der Waals surface area contributed by atoms with Crippen molar-refractivity contribution in [3.8, 4) is 0 Å². The zero-order valence-electron chi connectivity index (χ0n) is 7.63. The van der Waals surface area contributed by atoms with Gasteiger partial charge in [0.25, 0.3) is 0 Å². The van der Waals surface area contributed by atoms with Crippen LogP contribution in [0.1, 0.15) is 32.1 Å². The number of aliphatic hydroxyl groups is 1. The normalized spacial score (nSPS) is 28.5. The molecule has 0 unspecified atom stereocenters. The van der Waals surface area contributed by atoms with Gasteiger partial charge in [-0.2, -0.15) is 0 Å². The van der Waals surface area contributed by atoms with Crippen molar-refractivity contribution in [3.63, 3.8) is 0 Å². The van der Waals surface area contributed by atoms with E-state index in [1.165, 1.54) is 6.42 Å². The maximum atomic E-state index is 8.53. The fraction of sp³-hybridized carbons (Fsp3) is 1.00. The summed E-state index contributed by atoms with van der Waals surface area (Å²) in [4.78, 5) is 0. The molecule has 0 aliphatic heterocycles. The topological polar surface area (TPSA) is 58.3 Å². The largest absolute Gasteiger partial charge is 0.396 e. The highest BCUT2D eigenvalue weighted by molar-refractivity contribution is 4.87. The molecule has 1 saturated carbocycles. The van der Waals surface area contributed by atoms with Crippen LogP contribution < -0.4 is 11.1 Å². The summed E-state index contributed by atoms with van der Waals surface area (Å²) in [6.45, 7) is 1.41. The third-order valence-corrected chi connectivity index (χ3v) is 2.44. The average molecular weight is 172 g/mol. The third kappa shape index (κ3) is 3.52. The molecular formula is C9H20N2O. The highest BCUT2D eigenvalue weighted by atomic mass is 16.2. The van der Waals surface area contributed by atoms with E-state index in [4.69, 9.17) is 10.8 Å². The molecule has 0 radical (unpaired) electrons. The Kier molecular flexibility index (Phi) is 4.58. The molecule has 0 aromatic heterocycles.